The van der Waals surface area contributed by atoms with Crippen molar-refractivity contribution in [2.45, 2.75) is 11.1 Å². The summed E-state index contributed by atoms with van der Waals surface area (Å²) in [5, 5.41) is 0. The molecule has 0 aliphatic carbocycles. The van der Waals surface area contributed by atoms with Gasteiger partial charge in [0.25, 0.3) is 10.0 Å². The highest BCUT2D eigenvalue weighted by molar-refractivity contribution is 7.92. The minimum Gasteiger partial charge on any atom is -0.493 e. The third-order valence-electron chi connectivity index (χ3n) is 3.39. The van der Waals surface area contributed by atoms with E-state index >= 15 is 0 Å². The lowest BCUT2D eigenvalue weighted by molar-refractivity contribution is -0.137. The highest BCUT2D eigenvalue weighted by Gasteiger charge is 2.31. The fourth-order valence-corrected chi connectivity index (χ4v) is 3.28. The number of hydrogen-bond donors (Lipinski definition) is 1. The number of halogens is 3. The first-order valence-corrected chi connectivity index (χ1v) is 8.60. The molecular weight excluding hydrogens is 375 g/mol. The summed E-state index contributed by atoms with van der Waals surface area (Å²) in [5.74, 6) is 0.624. The van der Waals surface area contributed by atoms with Crippen molar-refractivity contribution in [1.82, 2.24) is 0 Å². The number of methoxy groups -OCH3 is 3. The van der Waals surface area contributed by atoms with Crippen molar-refractivity contribution in [2.75, 3.05) is 26.1 Å². The van der Waals surface area contributed by atoms with E-state index in [2.05, 4.69) is 4.72 Å². The number of ether oxygens (including phenoxy) is 3. The standard InChI is InChI=1S/C16H16F3NO5S/c1-23-13-8-11(9-14(24-2)15(13)25-3)20-26(21,22)12-6-4-5-10(7-12)16(17,18)19/h4-9,20H,1-3H3. The van der Waals surface area contributed by atoms with Gasteiger partial charge in [-0.15, -0.1) is 0 Å². The molecule has 0 aliphatic rings. The molecule has 0 amide bonds. The second-order valence-corrected chi connectivity index (χ2v) is 6.73. The third-order valence-corrected chi connectivity index (χ3v) is 4.77. The summed E-state index contributed by atoms with van der Waals surface area (Å²) < 4.78 is 80.9. The molecule has 6 nitrogen and oxygen atoms in total. The molecule has 0 aliphatic heterocycles. The molecule has 2 aromatic carbocycles. The summed E-state index contributed by atoms with van der Waals surface area (Å²) in [5.41, 5.74) is -1.03. The Balaban J connectivity index is 2.44. The van der Waals surface area contributed by atoms with Crippen LogP contribution >= 0.6 is 0 Å². The van der Waals surface area contributed by atoms with Crippen LogP contribution in [0.15, 0.2) is 41.3 Å². The lowest BCUT2D eigenvalue weighted by Crippen LogP contribution is -2.15. The van der Waals surface area contributed by atoms with Crippen LogP contribution in [-0.2, 0) is 16.2 Å². The Labute approximate surface area is 148 Å². The molecule has 2 aromatic rings. The van der Waals surface area contributed by atoms with Crippen molar-refractivity contribution in [3.05, 3.63) is 42.0 Å². The number of benzene rings is 2. The molecule has 0 spiro atoms. The van der Waals surface area contributed by atoms with Crippen LogP contribution in [0.25, 0.3) is 0 Å². The fraction of sp³-hybridized carbons (Fsp3) is 0.250. The third kappa shape index (κ3) is 4.13. The molecule has 1 N–H and O–H groups in total. The highest BCUT2D eigenvalue weighted by Crippen LogP contribution is 2.40. The van der Waals surface area contributed by atoms with Crippen molar-refractivity contribution in [3.8, 4) is 17.2 Å². The summed E-state index contributed by atoms with van der Waals surface area (Å²) in [4.78, 5) is -0.527. The van der Waals surface area contributed by atoms with Crippen molar-refractivity contribution >= 4 is 15.7 Å². The van der Waals surface area contributed by atoms with Gasteiger partial charge in [-0.25, -0.2) is 8.42 Å². The zero-order chi connectivity index (χ0) is 19.5. The Hall–Kier alpha value is -2.62. The quantitative estimate of drug-likeness (QED) is 0.816. The van der Waals surface area contributed by atoms with Gasteiger partial charge < -0.3 is 14.2 Å². The van der Waals surface area contributed by atoms with Gasteiger partial charge in [-0.1, -0.05) is 6.07 Å². The number of sulfonamides is 1. The van der Waals surface area contributed by atoms with Gasteiger partial charge in [-0.3, -0.25) is 4.72 Å². The summed E-state index contributed by atoms with van der Waals surface area (Å²) in [6.07, 6.45) is -4.65. The maximum Gasteiger partial charge on any atom is 0.416 e. The van der Waals surface area contributed by atoms with Crippen molar-refractivity contribution in [3.63, 3.8) is 0 Å². The van der Waals surface area contributed by atoms with Crippen LogP contribution in [0.4, 0.5) is 18.9 Å². The van der Waals surface area contributed by atoms with E-state index in [9.17, 15) is 21.6 Å². The maximum absolute atomic E-state index is 12.8. The number of alkyl halides is 3. The van der Waals surface area contributed by atoms with Crippen molar-refractivity contribution in [1.29, 1.82) is 0 Å². The second-order valence-electron chi connectivity index (χ2n) is 5.05. The van der Waals surface area contributed by atoms with Gasteiger partial charge in [0.2, 0.25) is 5.75 Å². The minimum absolute atomic E-state index is 0.0388. The molecule has 2 rings (SSSR count). The molecule has 0 aromatic heterocycles. The van der Waals surface area contributed by atoms with E-state index in [1.54, 1.807) is 0 Å². The smallest absolute Gasteiger partial charge is 0.416 e. The first-order chi connectivity index (χ1) is 12.1. The normalized spacial score (nSPS) is 11.8. The van der Waals surface area contributed by atoms with Gasteiger partial charge >= 0.3 is 6.18 Å². The number of anilines is 1. The summed E-state index contributed by atoms with van der Waals surface area (Å²) in [6, 6.07) is 6.08. The van der Waals surface area contributed by atoms with Crippen molar-refractivity contribution < 1.29 is 35.8 Å². The average molecular weight is 391 g/mol. The van der Waals surface area contributed by atoms with E-state index in [4.69, 9.17) is 14.2 Å². The monoisotopic (exact) mass is 391 g/mol. The largest absolute Gasteiger partial charge is 0.493 e. The zero-order valence-corrected chi connectivity index (χ0v) is 14.9. The van der Waals surface area contributed by atoms with Crippen LogP contribution < -0.4 is 18.9 Å². The molecule has 0 radical (unpaired) electrons. The van der Waals surface area contributed by atoms with Crippen LogP contribution in [0.5, 0.6) is 17.2 Å². The van der Waals surface area contributed by atoms with Crippen LogP contribution in [-0.4, -0.2) is 29.7 Å². The first kappa shape index (κ1) is 19.7. The van der Waals surface area contributed by atoms with Crippen molar-refractivity contribution in [2.24, 2.45) is 0 Å². The Kier molecular flexibility index (Phi) is 5.55. The number of nitrogens with one attached hydrogen (secondary N) is 1. The molecule has 0 saturated heterocycles. The van der Waals surface area contributed by atoms with Crippen LogP contribution in [0.3, 0.4) is 0 Å². The molecule has 0 fully saturated rings. The average Bonchev–Trinajstić information content (AvgIpc) is 2.59. The van der Waals surface area contributed by atoms with Gasteiger partial charge in [0.15, 0.2) is 11.5 Å². The van der Waals surface area contributed by atoms with Gasteiger partial charge in [0.1, 0.15) is 0 Å². The molecule has 0 heterocycles. The minimum atomic E-state index is -4.65. The summed E-state index contributed by atoms with van der Waals surface area (Å²) in [7, 11) is -0.187. The lowest BCUT2D eigenvalue weighted by Gasteiger charge is -2.15. The Morgan fingerprint density at radius 2 is 1.50 bits per heavy atom. The maximum atomic E-state index is 12.8. The van der Waals surface area contributed by atoms with E-state index in [1.165, 1.54) is 33.5 Å². The van der Waals surface area contributed by atoms with Gasteiger partial charge in [-0.05, 0) is 18.2 Å². The molecular formula is C16H16F3NO5S. The SMILES string of the molecule is COc1cc(NS(=O)(=O)c2cccc(C(F)(F)F)c2)cc(OC)c1OC. The van der Waals surface area contributed by atoms with Crippen LogP contribution in [0.2, 0.25) is 0 Å². The molecule has 0 atom stereocenters. The number of hydrogen-bond acceptors (Lipinski definition) is 5. The van der Waals surface area contributed by atoms with Crippen LogP contribution in [0, 0.1) is 0 Å². The number of rotatable bonds is 6. The Bertz CT molecular complexity index is 872. The Morgan fingerprint density at radius 1 is 0.923 bits per heavy atom. The van der Waals surface area contributed by atoms with Gasteiger partial charge in [-0.2, -0.15) is 13.2 Å². The molecule has 0 saturated carbocycles. The zero-order valence-electron chi connectivity index (χ0n) is 14.0. The van der Waals surface area contributed by atoms with E-state index in [0.717, 1.165) is 18.2 Å². The highest BCUT2D eigenvalue weighted by atomic mass is 32.2. The predicted octanol–water partition coefficient (Wildman–Crippen LogP) is 3.53. The van der Waals surface area contributed by atoms with Crippen LogP contribution in [0.1, 0.15) is 5.56 Å². The molecule has 10 heteroatoms. The first-order valence-electron chi connectivity index (χ1n) is 7.12. The summed E-state index contributed by atoms with van der Waals surface area (Å²) >= 11 is 0. The predicted molar refractivity (Wildman–Crippen MR) is 88.4 cm³/mol. The lowest BCUT2D eigenvalue weighted by atomic mass is 10.2. The van der Waals surface area contributed by atoms with E-state index in [1.807, 2.05) is 0 Å². The Morgan fingerprint density at radius 3 is 1.96 bits per heavy atom. The topological polar surface area (TPSA) is 73.9 Å². The molecule has 142 valence electrons. The fourth-order valence-electron chi connectivity index (χ4n) is 2.19. The molecule has 26 heavy (non-hydrogen) atoms. The molecule has 0 unspecified atom stereocenters. The van der Waals surface area contributed by atoms with Gasteiger partial charge in [0.05, 0.1) is 37.5 Å². The van der Waals surface area contributed by atoms with E-state index < -0.39 is 26.7 Å². The second kappa shape index (κ2) is 7.32. The summed E-state index contributed by atoms with van der Waals surface area (Å²) in [6.45, 7) is 0. The van der Waals surface area contributed by atoms with Gasteiger partial charge in [0, 0.05) is 12.1 Å². The molecule has 0 bridgehead atoms. The van der Waals surface area contributed by atoms with E-state index in [0.29, 0.717) is 6.07 Å². The van der Waals surface area contributed by atoms with E-state index in [-0.39, 0.29) is 22.9 Å².